The minimum Gasteiger partial charge on any atom is -0.497 e. The molecule has 1 N–H and O–H groups in total. The maximum absolute atomic E-state index is 14.2. The molecule has 0 spiro atoms. The number of pyridine rings is 1. The van der Waals surface area contributed by atoms with Gasteiger partial charge in [-0.3, -0.25) is 9.59 Å². The first-order chi connectivity index (χ1) is 21.3. The van der Waals surface area contributed by atoms with Crippen LogP contribution in [-0.4, -0.2) is 68.6 Å². The van der Waals surface area contributed by atoms with Crippen LogP contribution in [-0.2, 0) is 6.42 Å². The van der Waals surface area contributed by atoms with Crippen LogP contribution in [0, 0.1) is 5.82 Å². The predicted molar refractivity (Wildman–Crippen MR) is 169 cm³/mol. The first kappa shape index (κ1) is 30.5. The summed E-state index contributed by atoms with van der Waals surface area (Å²) in [6.07, 6.45) is 3.52. The molecule has 0 aliphatic carbocycles. The molecule has 1 aromatic heterocycles. The van der Waals surface area contributed by atoms with E-state index in [9.17, 15) is 14.0 Å². The Hall–Kier alpha value is -4.92. The molecule has 5 rings (SSSR count). The zero-order chi connectivity index (χ0) is 31.1. The second-order valence-corrected chi connectivity index (χ2v) is 11.0. The lowest BCUT2D eigenvalue weighted by atomic mass is 10.0. The van der Waals surface area contributed by atoms with Crippen molar-refractivity contribution in [1.82, 2.24) is 15.2 Å². The topological polar surface area (TPSA) is 84.0 Å². The van der Waals surface area contributed by atoms with Crippen molar-refractivity contribution in [2.24, 2.45) is 0 Å². The third-order valence-electron chi connectivity index (χ3n) is 7.78. The summed E-state index contributed by atoms with van der Waals surface area (Å²) in [6.45, 7) is 1.27. The van der Waals surface area contributed by atoms with Crippen LogP contribution < -0.4 is 19.7 Å². The molecule has 3 aromatic carbocycles. The third kappa shape index (κ3) is 7.53. The summed E-state index contributed by atoms with van der Waals surface area (Å²) in [6, 6.07) is 23.4. The van der Waals surface area contributed by atoms with Gasteiger partial charge in [-0.15, -0.1) is 0 Å². The van der Waals surface area contributed by atoms with Gasteiger partial charge in [0, 0.05) is 70.1 Å². The van der Waals surface area contributed by atoms with Crippen LogP contribution >= 0.6 is 0 Å². The molecule has 228 valence electrons. The van der Waals surface area contributed by atoms with Gasteiger partial charge in [0.15, 0.2) is 0 Å². The lowest BCUT2D eigenvalue weighted by Crippen LogP contribution is -2.42. The summed E-state index contributed by atoms with van der Waals surface area (Å²) >= 11 is 0. The molecule has 0 saturated carbocycles. The number of benzene rings is 3. The number of hydrogen-bond donors (Lipinski definition) is 1. The first-order valence-corrected chi connectivity index (χ1v) is 14.7. The first-order valence-electron chi connectivity index (χ1n) is 14.7. The van der Waals surface area contributed by atoms with E-state index in [4.69, 9.17) is 9.47 Å². The minimum absolute atomic E-state index is 0.0393. The van der Waals surface area contributed by atoms with Crippen molar-refractivity contribution in [2.75, 3.05) is 45.7 Å². The van der Waals surface area contributed by atoms with Gasteiger partial charge in [0.2, 0.25) is 5.88 Å². The molecule has 0 radical (unpaired) electrons. The smallest absolute Gasteiger partial charge is 0.254 e. The van der Waals surface area contributed by atoms with Crippen molar-refractivity contribution in [3.63, 3.8) is 0 Å². The van der Waals surface area contributed by atoms with Crippen LogP contribution in [0.3, 0.4) is 0 Å². The Bertz CT molecular complexity index is 1570. The quantitative estimate of drug-likeness (QED) is 0.256. The summed E-state index contributed by atoms with van der Waals surface area (Å²) in [5, 5.41) is 2.84. The highest BCUT2D eigenvalue weighted by atomic mass is 19.1. The Morgan fingerprint density at radius 3 is 2.27 bits per heavy atom. The number of nitrogens with one attached hydrogen (secondary N) is 1. The van der Waals surface area contributed by atoms with E-state index in [1.165, 1.54) is 12.1 Å². The minimum atomic E-state index is -0.566. The Morgan fingerprint density at radius 1 is 0.932 bits per heavy atom. The van der Waals surface area contributed by atoms with Gasteiger partial charge in [-0.25, -0.2) is 9.37 Å². The number of ether oxygens (including phenoxy) is 2. The number of carbonyl (C=O) groups is 2. The second kappa shape index (κ2) is 14.0. The maximum Gasteiger partial charge on any atom is 0.254 e. The van der Waals surface area contributed by atoms with Crippen LogP contribution in [0.1, 0.15) is 39.1 Å². The number of nitrogens with zero attached hydrogens (tertiary/aromatic N) is 3. The van der Waals surface area contributed by atoms with E-state index in [-0.39, 0.29) is 23.1 Å². The summed E-state index contributed by atoms with van der Waals surface area (Å²) in [7, 11) is 5.59. The molecular weight excluding hydrogens is 559 g/mol. The number of likely N-dealkylation sites (tertiary alicyclic amines) is 1. The van der Waals surface area contributed by atoms with Crippen molar-refractivity contribution < 1.29 is 23.5 Å². The molecule has 0 unspecified atom stereocenters. The molecule has 8 nitrogen and oxygen atoms in total. The number of halogens is 1. The molecule has 1 aliphatic heterocycles. The fourth-order valence-electron chi connectivity index (χ4n) is 5.19. The fourth-order valence-corrected chi connectivity index (χ4v) is 5.19. The summed E-state index contributed by atoms with van der Waals surface area (Å²) in [5.74, 6) is -0.0139. The number of rotatable bonds is 10. The number of amides is 2. The highest BCUT2D eigenvalue weighted by Gasteiger charge is 2.28. The van der Waals surface area contributed by atoms with E-state index in [0.717, 1.165) is 34.2 Å². The summed E-state index contributed by atoms with van der Waals surface area (Å²) in [4.78, 5) is 34.7. The maximum atomic E-state index is 14.2. The van der Waals surface area contributed by atoms with Gasteiger partial charge in [-0.1, -0.05) is 24.3 Å². The van der Waals surface area contributed by atoms with E-state index in [2.05, 4.69) is 10.3 Å². The normalized spacial score (nSPS) is 13.3. The molecule has 44 heavy (non-hydrogen) atoms. The number of anilines is 1. The molecule has 0 bridgehead atoms. The number of aromatic nitrogens is 1. The van der Waals surface area contributed by atoms with E-state index in [0.29, 0.717) is 44.8 Å². The summed E-state index contributed by atoms with van der Waals surface area (Å²) in [5.41, 5.74) is 4.39. The average molecular weight is 597 g/mol. The fraction of sp³-hybridized carbons (Fsp3) is 0.286. The molecule has 1 aliphatic rings. The zero-order valence-electron chi connectivity index (χ0n) is 25.3. The van der Waals surface area contributed by atoms with Gasteiger partial charge in [-0.05, 0) is 66.1 Å². The molecule has 1 fully saturated rings. The molecule has 9 heteroatoms. The van der Waals surface area contributed by atoms with Crippen LogP contribution in [0.25, 0.3) is 11.1 Å². The Kier molecular flexibility index (Phi) is 9.74. The molecule has 1 saturated heterocycles. The molecule has 2 heterocycles. The van der Waals surface area contributed by atoms with Crippen molar-refractivity contribution in [3.8, 4) is 22.8 Å². The van der Waals surface area contributed by atoms with Crippen molar-refractivity contribution >= 4 is 17.5 Å². The van der Waals surface area contributed by atoms with Crippen LogP contribution in [0.4, 0.5) is 10.1 Å². The number of piperidine rings is 1. The van der Waals surface area contributed by atoms with E-state index in [1.54, 1.807) is 18.2 Å². The third-order valence-corrected chi connectivity index (χ3v) is 7.78. The van der Waals surface area contributed by atoms with Crippen LogP contribution in [0.15, 0.2) is 85.1 Å². The lowest BCUT2D eigenvalue weighted by Gasteiger charge is -2.32. The second-order valence-electron chi connectivity index (χ2n) is 11.0. The number of hydrogen-bond acceptors (Lipinski definition) is 6. The molecule has 0 atom stereocenters. The summed E-state index contributed by atoms with van der Waals surface area (Å²) < 4.78 is 25.5. The van der Waals surface area contributed by atoms with Gasteiger partial charge in [-0.2, -0.15) is 0 Å². The highest BCUT2D eigenvalue weighted by Crippen LogP contribution is 2.25. The highest BCUT2D eigenvalue weighted by molar-refractivity contribution is 6.07. The van der Waals surface area contributed by atoms with Gasteiger partial charge < -0.3 is 24.6 Å². The predicted octanol–water partition coefficient (Wildman–Crippen LogP) is 5.62. The van der Waals surface area contributed by atoms with E-state index < -0.39 is 11.7 Å². The van der Waals surface area contributed by atoms with Crippen molar-refractivity contribution in [2.45, 2.75) is 25.4 Å². The van der Waals surface area contributed by atoms with Gasteiger partial charge in [0.25, 0.3) is 11.8 Å². The average Bonchev–Trinajstić information content (AvgIpc) is 3.05. The van der Waals surface area contributed by atoms with Gasteiger partial charge in [0.05, 0.1) is 18.2 Å². The van der Waals surface area contributed by atoms with Crippen molar-refractivity contribution in [3.05, 3.63) is 108 Å². The molecular formula is C35H37FN4O4. The van der Waals surface area contributed by atoms with Gasteiger partial charge in [0.1, 0.15) is 17.7 Å². The Morgan fingerprint density at radius 2 is 1.64 bits per heavy atom. The Balaban J connectivity index is 1.14. The largest absolute Gasteiger partial charge is 0.497 e. The Labute approximate surface area is 257 Å². The SMILES string of the molecule is COc1ccc(-c2ccc(OC3CCN(C(=O)c4ccc(F)cc4C(=O)NCCc4ccc(N(C)C)cc4)CC3)nc2)cc1. The van der Waals surface area contributed by atoms with E-state index >= 15 is 0 Å². The van der Waals surface area contributed by atoms with Crippen LogP contribution in [0.2, 0.25) is 0 Å². The molecule has 4 aromatic rings. The lowest BCUT2D eigenvalue weighted by molar-refractivity contribution is 0.0584. The molecule has 2 amide bonds. The number of methoxy groups -OCH3 is 1. The van der Waals surface area contributed by atoms with Gasteiger partial charge >= 0.3 is 0 Å². The van der Waals surface area contributed by atoms with E-state index in [1.807, 2.05) is 79.7 Å². The van der Waals surface area contributed by atoms with Crippen molar-refractivity contribution in [1.29, 1.82) is 0 Å². The number of carbonyl (C=O) groups excluding carboxylic acids is 2. The van der Waals surface area contributed by atoms with Crippen LogP contribution in [0.5, 0.6) is 11.6 Å². The zero-order valence-corrected chi connectivity index (χ0v) is 25.3. The standard InChI is InChI=1S/C35H37FN4O4/c1-39(2)28-10-4-24(5-11-28)16-19-37-34(41)32-22-27(36)9-14-31(32)35(42)40-20-17-30(18-21-40)44-33-15-8-26(23-38-33)25-6-12-29(43-3)13-7-25/h4-15,22-23,30H,16-21H2,1-3H3,(H,37,41). The monoisotopic (exact) mass is 596 g/mol.